The number of carbonyl (C=O) groups excluding carboxylic acids is 2. The number of fused-ring (bicyclic) bond motifs is 1. The molecule has 3 nitrogen and oxygen atoms in total. The van der Waals surface area contributed by atoms with Gasteiger partial charge in [-0.15, -0.1) is 0 Å². The predicted molar refractivity (Wildman–Crippen MR) is 55.5 cm³/mol. The van der Waals surface area contributed by atoms with E-state index in [9.17, 15) is 9.59 Å². The summed E-state index contributed by atoms with van der Waals surface area (Å²) >= 11 is 0. The molecule has 0 aromatic heterocycles. The molecular weight excluding hydrogens is 192 g/mol. The van der Waals surface area contributed by atoms with Gasteiger partial charge in [0.15, 0.2) is 11.4 Å². The highest BCUT2D eigenvalue weighted by molar-refractivity contribution is 6.08. The number of carbonyl (C=O) groups is 2. The van der Waals surface area contributed by atoms with Crippen molar-refractivity contribution in [2.75, 3.05) is 0 Å². The van der Waals surface area contributed by atoms with Gasteiger partial charge in [0.25, 0.3) is 0 Å². The fraction of sp³-hybridized carbons (Fsp3) is 0.333. The largest absolute Gasteiger partial charge is 0.479 e. The molecule has 0 radical (unpaired) electrons. The molecule has 1 aliphatic heterocycles. The Bertz CT molecular complexity index is 458. The van der Waals surface area contributed by atoms with Crippen molar-refractivity contribution in [1.82, 2.24) is 0 Å². The van der Waals surface area contributed by atoms with Gasteiger partial charge in [0, 0.05) is 5.56 Å². The highest BCUT2D eigenvalue weighted by Gasteiger charge is 2.39. The zero-order valence-electron chi connectivity index (χ0n) is 8.96. The molecular formula is C12H12O3. The number of Topliss-reactive ketones (excluding diaryl/α,β-unsaturated/α-hetero) is 2. The summed E-state index contributed by atoms with van der Waals surface area (Å²) in [5.74, 6) is 0.448. The van der Waals surface area contributed by atoms with Crippen molar-refractivity contribution < 1.29 is 14.3 Å². The average molecular weight is 204 g/mol. The van der Waals surface area contributed by atoms with Gasteiger partial charge in [0.2, 0.25) is 5.78 Å². The molecule has 0 amide bonds. The lowest BCUT2D eigenvalue weighted by molar-refractivity contribution is 0.0684. The van der Waals surface area contributed by atoms with Crippen molar-refractivity contribution in [1.29, 1.82) is 0 Å². The van der Waals surface area contributed by atoms with Crippen LogP contribution in [0.3, 0.4) is 0 Å². The molecule has 1 heterocycles. The third-order valence-corrected chi connectivity index (χ3v) is 2.54. The molecule has 0 saturated carbocycles. The van der Waals surface area contributed by atoms with E-state index in [0.717, 1.165) is 0 Å². The number of hydrogen-bond donors (Lipinski definition) is 0. The van der Waals surface area contributed by atoms with Gasteiger partial charge in [-0.05, 0) is 32.9 Å². The van der Waals surface area contributed by atoms with E-state index in [4.69, 9.17) is 4.74 Å². The van der Waals surface area contributed by atoms with Gasteiger partial charge in [0.1, 0.15) is 5.75 Å². The van der Waals surface area contributed by atoms with Crippen LogP contribution in [0.2, 0.25) is 0 Å². The van der Waals surface area contributed by atoms with Crippen molar-refractivity contribution in [2.24, 2.45) is 0 Å². The van der Waals surface area contributed by atoms with E-state index in [1.54, 1.807) is 32.0 Å². The zero-order chi connectivity index (χ0) is 11.2. The molecule has 0 atom stereocenters. The number of hydrogen-bond acceptors (Lipinski definition) is 3. The van der Waals surface area contributed by atoms with Crippen LogP contribution in [0.5, 0.6) is 5.75 Å². The fourth-order valence-electron chi connectivity index (χ4n) is 1.66. The smallest absolute Gasteiger partial charge is 0.209 e. The molecule has 0 fully saturated rings. The van der Waals surface area contributed by atoms with Gasteiger partial charge in [-0.3, -0.25) is 9.59 Å². The summed E-state index contributed by atoms with van der Waals surface area (Å²) in [6.07, 6.45) is 0. The van der Waals surface area contributed by atoms with E-state index in [0.29, 0.717) is 16.9 Å². The lowest BCUT2D eigenvalue weighted by Gasteiger charge is -2.14. The molecule has 78 valence electrons. The van der Waals surface area contributed by atoms with Crippen LogP contribution in [0.1, 0.15) is 41.5 Å². The first-order valence-corrected chi connectivity index (χ1v) is 4.80. The number of benzene rings is 1. The normalized spacial score (nSPS) is 17.1. The molecule has 15 heavy (non-hydrogen) atoms. The summed E-state index contributed by atoms with van der Waals surface area (Å²) in [7, 11) is 0. The molecule has 1 aromatic rings. The van der Waals surface area contributed by atoms with Gasteiger partial charge in [-0.25, -0.2) is 0 Å². The maximum atomic E-state index is 11.8. The van der Waals surface area contributed by atoms with Crippen molar-refractivity contribution in [3.8, 4) is 5.75 Å². The van der Waals surface area contributed by atoms with E-state index >= 15 is 0 Å². The Kier molecular flexibility index (Phi) is 1.93. The van der Waals surface area contributed by atoms with Crippen LogP contribution in [0.15, 0.2) is 18.2 Å². The van der Waals surface area contributed by atoms with Gasteiger partial charge in [-0.2, -0.15) is 0 Å². The van der Waals surface area contributed by atoms with Crippen LogP contribution in [-0.2, 0) is 0 Å². The van der Waals surface area contributed by atoms with Crippen molar-refractivity contribution in [3.05, 3.63) is 29.3 Å². The highest BCUT2D eigenvalue weighted by atomic mass is 16.5. The second-order valence-electron chi connectivity index (χ2n) is 4.21. The molecule has 0 N–H and O–H groups in total. The Balaban J connectivity index is 2.52. The maximum Gasteiger partial charge on any atom is 0.209 e. The summed E-state index contributed by atoms with van der Waals surface area (Å²) in [4.78, 5) is 22.9. The summed E-state index contributed by atoms with van der Waals surface area (Å²) < 4.78 is 5.50. The Morgan fingerprint density at radius 3 is 2.60 bits per heavy atom. The van der Waals surface area contributed by atoms with E-state index < -0.39 is 5.60 Å². The van der Waals surface area contributed by atoms with E-state index in [1.165, 1.54) is 6.92 Å². The Morgan fingerprint density at radius 2 is 2.00 bits per heavy atom. The minimum atomic E-state index is -0.808. The lowest BCUT2D eigenvalue weighted by atomic mass is 9.99. The molecule has 0 aliphatic carbocycles. The van der Waals surface area contributed by atoms with Crippen LogP contribution in [0.4, 0.5) is 0 Å². The summed E-state index contributed by atoms with van der Waals surface area (Å²) in [6, 6.07) is 4.94. The van der Waals surface area contributed by atoms with Gasteiger partial charge in [-0.1, -0.05) is 6.07 Å². The summed E-state index contributed by atoms with van der Waals surface area (Å²) in [5.41, 5.74) is 0.321. The van der Waals surface area contributed by atoms with Gasteiger partial charge < -0.3 is 4.74 Å². The Labute approximate surface area is 88.1 Å². The number of ketones is 2. The topological polar surface area (TPSA) is 43.4 Å². The third kappa shape index (κ3) is 1.44. The molecule has 3 heteroatoms. The zero-order valence-corrected chi connectivity index (χ0v) is 8.96. The molecule has 0 unspecified atom stereocenters. The monoisotopic (exact) mass is 204 g/mol. The van der Waals surface area contributed by atoms with Gasteiger partial charge >= 0.3 is 0 Å². The average Bonchev–Trinajstić information content (AvgIpc) is 2.37. The minimum absolute atomic E-state index is 0.0291. The second-order valence-corrected chi connectivity index (χ2v) is 4.21. The van der Waals surface area contributed by atoms with E-state index in [1.807, 2.05) is 0 Å². The summed E-state index contributed by atoms with van der Waals surface area (Å²) in [5, 5.41) is 0. The van der Waals surface area contributed by atoms with E-state index in [-0.39, 0.29) is 11.6 Å². The first kappa shape index (κ1) is 9.90. The highest BCUT2D eigenvalue weighted by Crippen LogP contribution is 2.35. The molecule has 2 rings (SSSR count). The fourth-order valence-corrected chi connectivity index (χ4v) is 1.66. The minimum Gasteiger partial charge on any atom is -0.479 e. The maximum absolute atomic E-state index is 11.8. The van der Waals surface area contributed by atoms with Crippen molar-refractivity contribution in [3.63, 3.8) is 0 Å². The molecule has 1 aliphatic rings. The Hall–Kier alpha value is -1.64. The number of rotatable bonds is 1. The second kappa shape index (κ2) is 2.92. The van der Waals surface area contributed by atoms with E-state index in [2.05, 4.69) is 0 Å². The standard InChI is InChI=1S/C12H12O3/c1-7(13)8-4-5-9-10(6-8)15-12(2,3)11(9)14/h4-6H,1-3H3. The first-order valence-electron chi connectivity index (χ1n) is 4.80. The quantitative estimate of drug-likeness (QED) is 0.659. The van der Waals surface area contributed by atoms with Gasteiger partial charge in [0.05, 0.1) is 5.56 Å². The first-order chi connectivity index (χ1) is 6.92. The van der Waals surface area contributed by atoms with Crippen LogP contribution >= 0.6 is 0 Å². The molecule has 0 saturated heterocycles. The lowest BCUT2D eigenvalue weighted by Crippen LogP contribution is -2.31. The molecule has 1 aromatic carbocycles. The number of ether oxygens (including phenoxy) is 1. The SMILES string of the molecule is CC(=O)c1ccc2c(c1)OC(C)(C)C2=O. The Morgan fingerprint density at radius 1 is 1.33 bits per heavy atom. The van der Waals surface area contributed by atoms with Crippen LogP contribution < -0.4 is 4.74 Å². The predicted octanol–water partition coefficient (Wildman–Crippen LogP) is 2.24. The van der Waals surface area contributed by atoms with Crippen molar-refractivity contribution >= 4 is 11.6 Å². The van der Waals surface area contributed by atoms with Crippen LogP contribution in [0, 0.1) is 0 Å². The molecule has 0 spiro atoms. The third-order valence-electron chi connectivity index (χ3n) is 2.54. The van der Waals surface area contributed by atoms with Crippen LogP contribution in [0.25, 0.3) is 0 Å². The van der Waals surface area contributed by atoms with Crippen molar-refractivity contribution in [2.45, 2.75) is 26.4 Å². The summed E-state index contributed by atoms with van der Waals surface area (Å²) in [6.45, 7) is 4.94. The molecule has 0 bridgehead atoms. The van der Waals surface area contributed by atoms with Crippen LogP contribution in [-0.4, -0.2) is 17.2 Å².